The minimum Gasteiger partial charge on any atom is -0.496 e. The molecular weight excluding hydrogens is 451 g/mol. The SMILES string of the molecule is COc1ccc(F)cc1C(=O)NCc1cc(F)c(-c2nn(C3CCOC3)c(N)c2C#N)cc1F. The number of aromatic nitrogens is 2. The summed E-state index contributed by atoms with van der Waals surface area (Å²) in [4.78, 5) is 12.4. The number of ether oxygens (including phenoxy) is 2. The van der Waals surface area contributed by atoms with Crippen LogP contribution in [-0.4, -0.2) is 36.0 Å². The highest BCUT2D eigenvalue weighted by Gasteiger charge is 2.27. The molecule has 0 saturated carbocycles. The molecule has 3 N–H and O–H groups in total. The molecule has 1 aromatic heterocycles. The number of halogens is 3. The molecule has 11 heteroatoms. The second-order valence-electron chi connectivity index (χ2n) is 7.63. The van der Waals surface area contributed by atoms with Gasteiger partial charge in [-0.1, -0.05) is 0 Å². The molecule has 1 amide bonds. The number of hydrogen-bond acceptors (Lipinski definition) is 6. The van der Waals surface area contributed by atoms with Crippen molar-refractivity contribution in [2.24, 2.45) is 0 Å². The van der Waals surface area contributed by atoms with Crippen molar-refractivity contribution >= 4 is 11.7 Å². The van der Waals surface area contributed by atoms with Crippen molar-refractivity contribution in [2.45, 2.75) is 19.0 Å². The van der Waals surface area contributed by atoms with Gasteiger partial charge in [-0.15, -0.1) is 0 Å². The molecule has 1 unspecified atom stereocenters. The summed E-state index contributed by atoms with van der Waals surface area (Å²) >= 11 is 0. The molecule has 0 spiro atoms. The molecule has 0 radical (unpaired) electrons. The van der Waals surface area contributed by atoms with E-state index in [9.17, 15) is 23.2 Å². The van der Waals surface area contributed by atoms with Gasteiger partial charge in [0, 0.05) is 24.3 Å². The first-order valence-electron chi connectivity index (χ1n) is 10.3. The number of amides is 1. The molecule has 3 aromatic rings. The zero-order valence-electron chi connectivity index (χ0n) is 18.1. The first kappa shape index (κ1) is 23.1. The number of nitrogens with one attached hydrogen (secondary N) is 1. The number of nitriles is 1. The predicted molar refractivity (Wildman–Crippen MR) is 115 cm³/mol. The van der Waals surface area contributed by atoms with Crippen LogP contribution in [0, 0.1) is 28.8 Å². The second-order valence-corrected chi connectivity index (χ2v) is 7.63. The molecule has 4 rings (SSSR count). The van der Waals surface area contributed by atoms with E-state index in [1.807, 2.05) is 6.07 Å². The standard InChI is InChI=1S/C23H20F3N5O3/c1-33-20-3-2-13(24)7-16(20)23(32)29-10-12-6-19(26)15(8-18(12)25)21-17(9-27)22(28)31(30-21)14-4-5-34-11-14/h2-3,6-8,14H,4-5,10-11,28H2,1H3,(H,29,32). The van der Waals surface area contributed by atoms with Crippen LogP contribution in [0.4, 0.5) is 19.0 Å². The summed E-state index contributed by atoms with van der Waals surface area (Å²) in [6.07, 6.45) is 0.627. The van der Waals surface area contributed by atoms with E-state index < -0.39 is 23.4 Å². The lowest BCUT2D eigenvalue weighted by atomic mass is 10.0. The van der Waals surface area contributed by atoms with Crippen molar-refractivity contribution in [2.75, 3.05) is 26.1 Å². The number of methoxy groups -OCH3 is 1. The minimum atomic E-state index is -0.849. The Bertz CT molecular complexity index is 1300. The highest BCUT2D eigenvalue weighted by Crippen LogP contribution is 2.33. The fourth-order valence-electron chi connectivity index (χ4n) is 3.77. The number of rotatable bonds is 6. The number of carbonyl (C=O) groups excluding carboxylic acids is 1. The Hall–Kier alpha value is -4.04. The van der Waals surface area contributed by atoms with Crippen molar-refractivity contribution in [3.05, 3.63) is 64.5 Å². The van der Waals surface area contributed by atoms with Crippen LogP contribution in [0.15, 0.2) is 30.3 Å². The van der Waals surface area contributed by atoms with Gasteiger partial charge in [0.1, 0.15) is 46.3 Å². The second kappa shape index (κ2) is 9.44. The Morgan fingerprint density at radius 3 is 2.79 bits per heavy atom. The molecule has 1 aliphatic heterocycles. The summed E-state index contributed by atoms with van der Waals surface area (Å²) in [5.74, 6) is -2.87. The molecule has 8 nitrogen and oxygen atoms in total. The summed E-state index contributed by atoms with van der Waals surface area (Å²) < 4.78 is 55.1. The van der Waals surface area contributed by atoms with Gasteiger partial charge in [-0.25, -0.2) is 17.9 Å². The van der Waals surface area contributed by atoms with E-state index in [0.29, 0.717) is 19.6 Å². The smallest absolute Gasteiger partial charge is 0.255 e. The van der Waals surface area contributed by atoms with E-state index in [4.69, 9.17) is 15.2 Å². The lowest BCUT2D eigenvalue weighted by molar-refractivity contribution is 0.0947. The zero-order valence-corrected chi connectivity index (χ0v) is 18.1. The minimum absolute atomic E-state index is 0.0492. The highest BCUT2D eigenvalue weighted by atomic mass is 19.1. The van der Waals surface area contributed by atoms with Gasteiger partial charge < -0.3 is 20.5 Å². The topological polar surface area (TPSA) is 115 Å². The Kier molecular flexibility index (Phi) is 6.43. The van der Waals surface area contributed by atoms with Crippen LogP contribution in [0.2, 0.25) is 0 Å². The average molecular weight is 471 g/mol. The van der Waals surface area contributed by atoms with Gasteiger partial charge in [-0.05, 0) is 36.8 Å². The summed E-state index contributed by atoms with van der Waals surface area (Å²) in [7, 11) is 1.32. The van der Waals surface area contributed by atoms with Crippen molar-refractivity contribution in [1.82, 2.24) is 15.1 Å². The molecule has 1 atom stereocenters. The molecule has 2 aromatic carbocycles. The predicted octanol–water partition coefficient (Wildman–Crippen LogP) is 3.32. The molecular formula is C23H20F3N5O3. The van der Waals surface area contributed by atoms with E-state index in [1.165, 1.54) is 17.9 Å². The molecule has 0 bridgehead atoms. The molecule has 2 heterocycles. The van der Waals surface area contributed by atoms with Crippen LogP contribution in [0.5, 0.6) is 5.75 Å². The van der Waals surface area contributed by atoms with Crippen LogP contribution in [0.1, 0.15) is 33.9 Å². The van der Waals surface area contributed by atoms with Crippen molar-refractivity contribution < 1.29 is 27.4 Å². The third kappa shape index (κ3) is 4.27. The van der Waals surface area contributed by atoms with Crippen LogP contribution >= 0.6 is 0 Å². The molecule has 1 saturated heterocycles. The molecule has 1 aliphatic rings. The van der Waals surface area contributed by atoms with Gasteiger partial charge in [-0.3, -0.25) is 4.79 Å². The van der Waals surface area contributed by atoms with E-state index in [-0.39, 0.29) is 52.1 Å². The fraction of sp³-hybridized carbons (Fsp3) is 0.261. The first-order valence-corrected chi connectivity index (χ1v) is 10.3. The lowest BCUT2D eigenvalue weighted by Crippen LogP contribution is -2.24. The number of nitrogens with two attached hydrogens (primary N) is 1. The quantitative estimate of drug-likeness (QED) is 0.570. The van der Waals surface area contributed by atoms with Crippen LogP contribution in [-0.2, 0) is 11.3 Å². The third-order valence-electron chi connectivity index (χ3n) is 5.55. The summed E-state index contributed by atoms with van der Waals surface area (Å²) in [6.45, 7) is 0.483. The first-order chi connectivity index (χ1) is 16.3. The lowest BCUT2D eigenvalue weighted by Gasteiger charge is -2.11. The van der Waals surface area contributed by atoms with Gasteiger partial charge in [0.15, 0.2) is 0 Å². The number of nitrogen functional groups attached to an aromatic ring is 1. The Balaban J connectivity index is 1.60. The normalized spacial score (nSPS) is 15.2. The van der Waals surface area contributed by atoms with E-state index in [0.717, 1.165) is 24.3 Å². The van der Waals surface area contributed by atoms with Gasteiger partial charge in [0.2, 0.25) is 0 Å². The summed E-state index contributed by atoms with van der Waals surface area (Å²) in [5.41, 5.74) is 5.42. The van der Waals surface area contributed by atoms with E-state index >= 15 is 0 Å². The van der Waals surface area contributed by atoms with Gasteiger partial charge in [-0.2, -0.15) is 10.4 Å². The van der Waals surface area contributed by atoms with Crippen molar-refractivity contribution in [1.29, 1.82) is 5.26 Å². The number of carbonyl (C=O) groups is 1. The summed E-state index contributed by atoms with van der Waals surface area (Å²) in [5, 5.41) is 16.2. The maximum atomic E-state index is 15.0. The van der Waals surface area contributed by atoms with Gasteiger partial charge >= 0.3 is 0 Å². The number of hydrogen-bond donors (Lipinski definition) is 2. The maximum absolute atomic E-state index is 15.0. The molecule has 34 heavy (non-hydrogen) atoms. The summed E-state index contributed by atoms with van der Waals surface area (Å²) in [6, 6.07) is 6.90. The van der Waals surface area contributed by atoms with Gasteiger partial charge in [0.25, 0.3) is 5.91 Å². The zero-order chi connectivity index (χ0) is 24.4. The largest absolute Gasteiger partial charge is 0.496 e. The van der Waals surface area contributed by atoms with Gasteiger partial charge in [0.05, 0.1) is 25.3 Å². The van der Waals surface area contributed by atoms with Crippen LogP contribution < -0.4 is 15.8 Å². The van der Waals surface area contributed by atoms with E-state index in [1.54, 1.807) is 0 Å². The van der Waals surface area contributed by atoms with Crippen LogP contribution in [0.3, 0.4) is 0 Å². The van der Waals surface area contributed by atoms with Crippen LogP contribution in [0.25, 0.3) is 11.3 Å². The number of nitrogens with zero attached hydrogens (tertiary/aromatic N) is 3. The third-order valence-corrected chi connectivity index (χ3v) is 5.55. The van der Waals surface area contributed by atoms with Crippen molar-refractivity contribution in [3.8, 4) is 23.1 Å². The van der Waals surface area contributed by atoms with E-state index in [2.05, 4.69) is 10.4 Å². The molecule has 0 aliphatic carbocycles. The highest BCUT2D eigenvalue weighted by molar-refractivity contribution is 5.96. The monoisotopic (exact) mass is 471 g/mol. The Morgan fingerprint density at radius 2 is 2.12 bits per heavy atom. The Labute approximate surface area is 192 Å². The van der Waals surface area contributed by atoms with Crippen molar-refractivity contribution in [3.63, 3.8) is 0 Å². The number of benzene rings is 2. The maximum Gasteiger partial charge on any atom is 0.255 e. The molecule has 1 fully saturated rings. The average Bonchev–Trinajstić information content (AvgIpc) is 3.46. The Morgan fingerprint density at radius 1 is 1.32 bits per heavy atom. The fourth-order valence-corrected chi connectivity index (χ4v) is 3.77. The molecule has 176 valence electrons. The number of anilines is 1.